The number of nitrogens with zero attached hydrogens (tertiary/aromatic N) is 3. The number of methoxy groups -OCH3 is 1. The van der Waals surface area contributed by atoms with Crippen LogP contribution in [-0.4, -0.2) is 35.2 Å². The fourth-order valence-electron chi connectivity index (χ4n) is 1.43. The van der Waals surface area contributed by atoms with E-state index >= 15 is 0 Å². The summed E-state index contributed by atoms with van der Waals surface area (Å²) in [6.45, 7) is 2.21. The Bertz CT molecular complexity index is 538. The van der Waals surface area contributed by atoms with Gasteiger partial charge in [-0.3, -0.25) is 0 Å². The van der Waals surface area contributed by atoms with Crippen LogP contribution in [0, 0.1) is 0 Å². The maximum absolute atomic E-state index is 6.04. The zero-order valence-corrected chi connectivity index (χ0v) is 12.6. The lowest BCUT2D eigenvalue weighted by Crippen LogP contribution is -2.18. The zero-order valence-electron chi connectivity index (χ0n) is 11.0. The smallest absolute Gasteiger partial charge is 0.193 e. The Balaban J connectivity index is 1.90. The number of nitrogens with one attached hydrogen (secondary N) is 1. The second-order valence-electron chi connectivity index (χ2n) is 3.94. The summed E-state index contributed by atoms with van der Waals surface area (Å²) in [4.78, 5) is 12.8. The number of pyridine rings is 1. The van der Waals surface area contributed by atoms with Crippen molar-refractivity contribution < 1.29 is 4.74 Å². The molecule has 2 heterocycles. The van der Waals surface area contributed by atoms with E-state index in [1.54, 1.807) is 37.8 Å². The third kappa shape index (κ3) is 4.72. The highest BCUT2D eigenvalue weighted by Gasteiger charge is 2.05. The summed E-state index contributed by atoms with van der Waals surface area (Å²) in [5, 5.41) is 5.18. The molecule has 0 aliphatic heterocycles. The Kier molecular flexibility index (Phi) is 6.20. The van der Waals surface area contributed by atoms with Gasteiger partial charge < -0.3 is 10.1 Å². The van der Waals surface area contributed by atoms with Crippen LogP contribution in [0.25, 0.3) is 0 Å². The maximum Gasteiger partial charge on any atom is 0.193 e. The Morgan fingerprint density at radius 1 is 1.30 bits per heavy atom. The van der Waals surface area contributed by atoms with Gasteiger partial charge in [0, 0.05) is 44.4 Å². The Morgan fingerprint density at radius 3 is 2.80 bits per heavy atom. The molecule has 0 aliphatic carbocycles. The first-order chi connectivity index (χ1) is 9.79. The van der Waals surface area contributed by atoms with Crippen LogP contribution in [0.15, 0.2) is 40.9 Å². The van der Waals surface area contributed by atoms with E-state index in [1.165, 1.54) is 11.8 Å². The summed E-state index contributed by atoms with van der Waals surface area (Å²) >= 11 is 7.39. The molecule has 0 saturated carbocycles. The number of halogens is 1. The van der Waals surface area contributed by atoms with Crippen LogP contribution < -0.4 is 5.32 Å². The SMILES string of the molecule is COCCNCc1cnc(Sc2ncccc2Cl)nc1. The topological polar surface area (TPSA) is 59.9 Å². The summed E-state index contributed by atoms with van der Waals surface area (Å²) < 4.78 is 4.96. The molecule has 0 atom stereocenters. The molecule has 106 valence electrons. The van der Waals surface area contributed by atoms with Crippen molar-refractivity contribution in [3.05, 3.63) is 41.3 Å². The largest absolute Gasteiger partial charge is 0.383 e. The van der Waals surface area contributed by atoms with Crippen molar-refractivity contribution in [2.24, 2.45) is 0 Å². The number of rotatable bonds is 7. The second kappa shape index (κ2) is 8.16. The highest BCUT2D eigenvalue weighted by Crippen LogP contribution is 2.28. The zero-order chi connectivity index (χ0) is 14.2. The molecule has 0 aliphatic rings. The molecule has 1 N–H and O–H groups in total. The standard InChI is InChI=1S/C13H15ClN4OS/c1-19-6-5-15-7-10-8-17-13(18-9-10)20-12-11(14)3-2-4-16-12/h2-4,8-9,15H,5-7H2,1H3. The van der Waals surface area contributed by atoms with E-state index in [1.807, 2.05) is 0 Å². The summed E-state index contributed by atoms with van der Waals surface area (Å²) in [5.41, 5.74) is 1.03. The quantitative estimate of drug-likeness (QED) is 0.626. The normalized spacial score (nSPS) is 10.7. The molecular weight excluding hydrogens is 296 g/mol. The molecule has 7 heteroatoms. The lowest BCUT2D eigenvalue weighted by molar-refractivity contribution is 0.199. The van der Waals surface area contributed by atoms with Crippen LogP contribution >= 0.6 is 23.4 Å². The number of hydrogen-bond donors (Lipinski definition) is 1. The molecule has 0 unspecified atom stereocenters. The number of aromatic nitrogens is 3. The molecule has 0 aromatic carbocycles. The molecule has 20 heavy (non-hydrogen) atoms. The van der Waals surface area contributed by atoms with Crippen molar-refractivity contribution in [1.82, 2.24) is 20.3 Å². The summed E-state index contributed by atoms with van der Waals surface area (Å²) in [6.07, 6.45) is 5.29. The Labute approximate surface area is 127 Å². The molecule has 0 fully saturated rings. The van der Waals surface area contributed by atoms with Crippen molar-refractivity contribution in [2.75, 3.05) is 20.3 Å². The average molecular weight is 311 g/mol. The molecule has 0 amide bonds. The maximum atomic E-state index is 6.04. The van der Waals surface area contributed by atoms with Gasteiger partial charge in [0.2, 0.25) is 0 Å². The predicted octanol–water partition coefficient (Wildman–Crippen LogP) is 2.41. The monoisotopic (exact) mass is 310 g/mol. The van der Waals surface area contributed by atoms with Gasteiger partial charge in [0.1, 0.15) is 5.03 Å². The number of hydrogen-bond acceptors (Lipinski definition) is 6. The number of ether oxygens (including phenoxy) is 1. The van der Waals surface area contributed by atoms with Gasteiger partial charge in [-0.05, 0) is 23.9 Å². The van der Waals surface area contributed by atoms with E-state index in [0.29, 0.717) is 21.8 Å². The lowest BCUT2D eigenvalue weighted by Gasteiger charge is -2.05. The van der Waals surface area contributed by atoms with Crippen LogP contribution in [0.2, 0.25) is 5.02 Å². The molecule has 0 bridgehead atoms. The first-order valence-electron chi connectivity index (χ1n) is 6.08. The van der Waals surface area contributed by atoms with Crippen LogP contribution in [0.5, 0.6) is 0 Å². The minimum Gasteiger partial charge on any atom is -0.383 e. The third-order valence-electron chi connectivity index (χ3n) is 2.41. The van der Waals surface area contributed by atoms with E-state index in [9.17, 15) is 0 Å². The van der Waals surface area contributed by atoms with Crippen molar-refractivity contribution >= 4 is 23.4 Å². The molecule has 2 aromatic rings. The van der Waals surface area contributed by atoms with E-state index in [2.05, 4.69) is 20.3 Å². The van der Waals surface area contributed by atoms with E-state index < -0.39 is 0 Å². The Morgan fingerprint density at radius 2 is 2.10 bits per heavy atom. The first-order valence-corrected chi connectivity index (χ1v) is 7.28. The van der Waals surface area contributed by atoms with Gasteiger partial charge in [0.05, 0.1) is 11.6 Å². The highest BCUT2D eigenvalue weighted by atomic mass is 35.5. The van der Waals surface area contributed by atoms with Crippen molar-refractivity contribution in [1.29, 1.82) is 0 Å². The van der Waals surface area contributed by atoms with Crippen molar-refractivity contribution in [3.63, 3.8) is 0 Å². The van der Waals surface area contributed by atoms with Crippen molar-refractivity contribution in [2.45, 2.75) is 16.7 Å². The van der Waals surface area contributed by atoms with Crippen LogP contribution in [0.1, 0.15) is 5.56 Å². The van der Waals surface area contributed by atoms with Gasteiger partial charge >= 0.3 is 0 Å². The molecule has 0 radical (unpaired) electrons. The summed E-state index contributed by atoms with van der Waals surface area (Å²) in [7, 11) is 1.68. The fourth-order valence-corrected chi connectivity index (χ4v) is 2.33. The molecule has 0 saturated heterocycles. The van der Waals surface area contributed by atoms with Crippen LogP contribution in [0.4, 0.5) is 0 Å². The minimum atomic E-state index is 0.603. The van der Waals surface area contributed by atoms with E-state index in [-0.39, 0.29) is 0 Å². The van der Waals surface area contributed by atoms with E-state index in [0.717, 1.165) is 18.7 Å². The van der Waals surface area contributed by atoms with Gasteiger partial charge in [0.25, 0.3) is 0 Å². The molecular formula is C13H15ClN4OS. The molecule has 2 aromatic heterocycles. The van der Waals surface area contributed by atoms with Gasteiger partial charge in [-0.2, -0.15) is 0 Å². The molecule has 2 rings (SSSR count). The fraction of sp³-hybridized carbons (Fsp3) is 0.308. The highest BCUT2D eigenvalue weighted by molar-refractivity contribution is 7.99. The average Bonchev–Trinajstić information content (AvgIpc) is 2.48. The van der Waals surface area contributed by atoms with Crippen LogP contribution in [-0.2, 0) is 11.3 Å². The lowest BCUT2D eigenvalue weighted by atomic mass is 10.3. The second-order valence-corrected chi connectivity index (χ2v) is 5.30. The van der Waals surface area contributed by atoms with Gasteiger partial charge in [-0.1, -0.05) is 11.6 Å². The first kappa shape index (κ1) is 15.2. The molecule has 5 nitrogen and oxygen atoms in total. The predicted molar refractivity (Wildman–Crippen MR) is 79.0 cm³/mol. The third-order valence-corrected chi connectivity index (χ3v) is 3.74. The minimum absolute atomic E-state index is 0.603. The van der Waals surface area contributed by atoms with E-state index in [4.69, 9.17) is 16.3 Å². The summed E-state index contributed by atoms with van der Waals surface area (Å²) in [6, 6.07) is 3.59. The van der Waals surface area contributed by atoms with Crippen LogP contribution in [0.3, 0.4) is 0 Å². The molecule has 0 spiro atoms. The van der Waals surface area contributed by atoms with Crippen molar-refractivity contribution in [3.8, 4) is 0 Å². The Hall–Kier alpha value is -1.21. The van der Waals surface area contributed by atoms with Gasteiger partial charge in [-0.15, -0.1) is 0 Å². The summed E-state index contributed by atoms with van der Waals surface area (Å²) in [5.74, 6) is 0. The van der Waals surface area contributed by atoms with Gasteiger partial charge in [0.15, 0.2) is 5.16 Å². The van der Waals surface area contributed by atoms with Gasteiger partial charge in [-0.25, -0.2) is 15.0 Å².